The first kappa shape index (κ1) is 14.8. The minimum atomic E-state index is -0.475. The second kappa shape index (κ2) is 7.24. The summed E-state index contributed by atoms with van der Waals surface area (Å²) in [6, 6.07) is 16.4. The predicted octanol–water partition coefficient (Wildman–Crippen LogP) is 2.68. The Hall–Kier alpha value is -2.62. The zero-order valence-corrected chi connectivity index (χ0v) is 11.9. The van der Waals surface area contributed by atoms with Gasteiger partial charge in [-0.15, -0.1) is 0 Å². The third kappa shape index (κ3) is 4.76. The maximum Gasteiger partial charge on any atom is 0.321 e. The van der Waals surface area contributed by atoms with Crippen molar-refractivity contribution in [3.63, 3.8) is 0 Å². The molecule has 2 N–H and O–H groups in total. The summed E-state index contributed by atoms with van der Waals surface area (Å²) in [6.07, 6.45) is 0.729. The van der Waals surface area contributed by atoms with E-state index in [2.05, 4.69) is 10.6 Å². The number of benzene rings is 2. The average molecular weight is 282 g/mol. The number of imide groups is 1. The number of rotatable bonds is 4. The van der Waals surface area contributed by atoms with Gasteiger partial charge >= 0.3 is 6.03 Å². The van der Waals surface area contributed by atoms with E-state index >= 15 is 0 Å². The van der Waals surface area contributed by atoms with Crippen LogP contribution in [0.3, 0.4) is 0 Å². The minimum absolute atomic E-state index is 0.396. The number of aryl methyl sites for hydroxylation is 1. The first-order valence-electron chi connectivity index (χ1n) is 6.85. The fourth-order valence-corrected chi connectivity index (χ4v) is 1.89. The quantitative estimate of drug-likeness (QED) is 0.905. The zero-order chi connectivity index (χ0) is 15.1. The van der Waals surface area contributed by atoms with Crippen molar-refractivity contribution in [2.24, 2.45) is 0 Å². The molecule has 0 aliphatic rings. The molecule has 4 heteroatoms. The summed E-state index contributed by atoms with van der Waals surface area (Å²) < 4.78 is 0. The first-order chi connectivity index (χ1) is 10.1. The van der Waals surface area contributed by atoms with Gasteiger partial charge in [0, 0.05) is 12.1 Å². The van der Waals surface area contributed by atoms with Gasteiger partial charge in [-0.25, -0.2) is 4.79 Å². The van der Waals surface area contributed by atoms with Crippen LogP contribution in [-0.2, 0) is 6.42 Å². The van der Waals surface area contributed by atoms with Crippen molar-refractivity contribution >= 4 is 11.9 Å². The Morgan fingerprint density at radius 1 is 0.952 bits per heavy atom. The minimum Gasteiger partial charge on any atom is -0.337 e. The van der Waals surface area contributed by atoms with Crippen molar-refractivity contribution in [1.29, 1.82) is 0 Å². The van der Waals surface area contributed by atoms with Crippen molar-refractivity contribution < 1.29 is 9.59 Å². The number of hydrogen-bond acceptors (Lipinski definition) is 2. The average Bonchev–Trinajstić information content (AvgIpc) is 2.49. The van der Waals surface area contributed by atoms with Crippen LogP contribution in [-0.4, -0.2) is 18.5 Å². The van der Waals surface area contributed by atoms with E-state index in [4.69, 9.17) is 0 Å². The number of amides is 3. The first-order valence-corrected chi connectivity index (χ1v) is 6.85. The second-order valence-electron chi connectivity index (χ2n) is 4.81. The molecule has 108 valence electrons. The van der Waals surface area contributed by atoms with Gasteiger partial charge in [-0.2, -0.15) is 0 Å². The summed E-state index contributed by atoms with van der Waals surface area (Å²) >= 11 is 0. The Kier molecular flexibility index (Phi) is 5.10. The molecule has 0 unspecified atom stereocenters. The van der Waals surface area contributed by atoms with Crippen molar-refractivity contribution in [3.8, 4) is 0 Å². The molecular weight excluding hydrogens is 264 g/mol. The topological polar surface area (TPSA) is 58.2 Å². The Labute approximate surface area is 124 Å². The number of hydrogen-bond donors (Lipinski definition) is 2. The standard InChI is InChI=1S/C17H18N2O2/c1-13-7-9-15(10-8-13)16(20)19-17(21)18-12-11-14-5-3-2-4-6-14/h2-10H,11-12H2,1H3,(H2,18,19,20,21). The third-order valence-corrected chi connectivity index (χ3v) is 3.08. The van der Waals surface area contributed by atoms with Gasteiger partial charge in [0.05, 0.1) is 0 Å². The van der Waals surface area contributed by atoms with Gasteiger partial charge < -0.3 is 5.32 Å². The predicted molar refractivity (Wildman–Crippen MR) is 82.2 cm³/mol. The third-order valence-electron chi connectivity index (χ3n) is 3.08. The monoisotopic (exact) mass is 282 g/mol. The van der Waals surface area contributed by atoms with E-state index in [1.54, 1.807) is 12.1 Å². The number of carbonyl (C=O) groups is 2. The van der Waals surface area contributed by atoms with E-state index in [1.807, 2.05) is 49.4 Å². The van der Waals surface area contributed by atoms with E-state index in [-0.39, 0.29) is 0 Å². The molecule has 0 aliphatic heterocycles. The summed E-state index contributed by atoms with van der Waals surface area (Å²) in [5, 5.41) is 4.99. The molecule has 3 amide bonds. The summed E-state index contributed by atoms with van der Waals surface area (Å²) in [5.74, 6) is -0.396. The van der Waals surface area contributed by atoms with Gasteiger partial charge in [-0.1, -0.05) is 48.0 Å². The highest BCUT2D eigenvalue weighted by atomic mass is 16.2. The molecule has 4 nitrogen and oxygen atoms in total. The number of nitrogens with one attached hydrogen (secondary N) is 2. The van der Waals surface area contributed by atoms with Gasteiger partial charge in [0.15, 0.2) is 0 Å². The molecule has 2 aromatic rings. The highest BCUT2D eigenvalue weighted by Crippen LogP contribution is 2.02. The van der Waals surface area contributed by atoms with Gasteiger partial charge in [-0.05, 0) is 31.0 Å². The largest absolute Gasteiger partial charge is 0.337 e. The molecule has 0 atom stereocenters. The molecule has 0 aromatic heterocycles. The van der Waals surface area contributed by atoms with E-state index in [9.17, 15) is 9.59 Å². The Morgan fingerprint density at radius 3 is 2.29 bits per heavy atom. The van der Waals surface area contributed by atoms with Crippen molar-refractivity contribution in [2.45, 2.75) is 13.3 Å². The fourth-order valence-electron chi connectivity index (χ4n) is 1.89. The van der Waals surface area contributed by atoms with Crippen LogP contribution >= 0.6 is 0 Å². The number of urea groups is 1. The van der Waals surface area contributed by atoms with E-state index in [1.165, 1.54) is 0 Å². The molecule has 0 heterocycles. The van der Waals surface area contributed by atoms with Crippen molar-refractivity contribution in [2.75, 3.05) is 6.54 Å². The molecule has 0 bridgehead atoms. The lowest BCUT2D eigenvalue weighted by molar-refractivity contribution is 0.0964. The van der Waals surface area contributed by atoms with Crippen LogP contribution in [0.4, 0.5) is 4.79 Å². The fraction of sp³-hybridized carbons (Fsp3) is 0.176. The molecule has 0 fully saturated rings. The molecule has 0 spiro atoms. The highest BCUT2D eigenvalue weighted by molar-refractivity contribution is 6.04. The lowest BCUT2D eigenvalue weighted by Gasteiger charge is -2.07. The summed E-state index contributed by atoms with van der Waals surface area (Å²) in [5.41, 5.74) is 2.68. The SMILES string of the molecule is Cc1ccc(C(=O)NC(=O)NCCc2ccccc2)cc1. The van der Waals surface area contributed by atoms with E-state index in [0.29, 0.717) is 12.1 Å². The zero-order valence-electron chi connectivity index (χ0n) is 11.9. The van der Waals surface area contributed by atoms with Crippen LogP contribution in [0.1, 0.15) is 21.5 Å². The van der Waals surface area contributed by atoms with E-state index < -0.39 is 11.9 Å². The summed E-state index contributed by atoms with van der Waals surface area (Å²) in [4.78, 5) is 23.5. The molecule has 2 aromatic carbocycles. The van der Waals surface area contributed by atoms with Crippen LogP contribution in [0.2, 0.25) is 0 Å². The lowest BCUT2D eigenvalue weighted by atomic mass is 10.1. The molecule has 0 saturated heterocycles. The van der Waals surface area contributed by atoms with Crippen molar-refractivity contribution in [1.82, 2.24) is 10.6 Å². The molecular formula is C17H18N2O2. The normalized spacial score (nSPS) is 9.95. The lowest BCUT2D eigenvalue weighted by Crippen LogP contribution is -2.40. The summed E-state index contributed by atoms with van der Waals surface area (Å²) in [6.45, 7) is 2.43. The van der Waals surface area contributed by atoms with Crippen LogP contribution in [0.25, 0.3) is 0 Å². The second-order valence-corrected chi connectivity index (χ2v) is 4.81. The van der Waals surface area contributed by atoms with Crippen molar-refractivity contribution in [3.05, 3.63) is 71.3 Å². The van der Waals surface area contributed by atoms with Gasteiger partial charge in [0.1, 0.15) is 0 Å². The maximum atomic E-state index is 11.8. The van der Waals surface area contributed by atoms with Crippen LogP contribution < -0.4 is 10.6 Å². The van der Waals surface area contributed by atoms with Gasteiger partial charge in [0.25, 0.3) is 5.91 Å². The van der Waals surface area contributed by atoms with Crippen LogP contribution in [0, 0.1) is 6.92 Å². The van der Waals surface area contributed by atoms with Gasteiger partial charge in [-0.3, -0.25) is 10.1 Å². The van der Waals surface area contributed by atoms with E-state index in [0.717, 1.165) is 17.5 Å². The maximum absolute atomic E-state index is 11.8. The Bertz CT molecular complexity index is 606. The van der Waals surface area contributed by atoms with Crippen LogP contribution in [0.5, 0.6) is 0 Å². The Morgan fingerprint density at radius 2 is 1.62 bits per heavy atom. The van der Waals surface area contributed by atoms with Crippen LogP contribution in [0.15, 0.2) is 54.6 Å². The summed E-state index contributed by atoms with van der Waals surface area (Å²) in [7, 11) is 0. The molecule has 0 saturated carbocycles. The smallest absolute Gasteiger partial charge is 0.321 e. The molecule has 2 rings (SSSR count). The number of carbonyl (C=O) groups excluding carboxylic acids is 2. The molecule has 21 heavy (non-hydrogen) atoms. The molecule has 0 aliphatic carbocycles. The van der Waals surface area contributed by atoms with Gasteiger partial charge in [0.2, 0.25) is 0 Å². The molecule has 0 radical (unpaired) electrons. The Balaban J connectivity index is 1.76. The highest BCUT2D eigenvalue weighted by Gasteiger charge is 2.09.